The molecule has 1 unspecified atom stereocenters. The molecule has 3 nitrogen and oxygen atoms in total. The third-order valence-electron chi connectivity index (χ3n) is 6.19. The van der Waals surface area contributed by atoms with Crippen LogP contribution in [0.3, 0.4) is 0 Å². The van der Waals surface area contributed by atoms with Crippen molar-refractivity contribution in [3.05, 3.63) is 63.2 Å². The maximum Gasteiger partial charge on any atom is 0.341 e. The van der Waals surface area contributed by atoms with E-state index in [1.54, 1.807) is 0 Å². The molecule has 1 aliphatic heterocycles. The summed E-state index contributed by atoms with van der Waals surface area (Å²) in [4.78, 5) is 13.2. The molecule has 0 saturated heterocycles. The van der Waals surface area contributed by atoms with Crippen LogP contribution >= 0.6 is 0 Å². The lowest BCUT2D eigenvalue weighted by molar-refractivity contribution is -0.136. The molecule has 2 aromatic carbocycles. The van der Waals surface area contributed by atoms with Crippen molar-refractivity contribution < 1.29 is 9.53 Å². The molecule has 0 aliphatic carbocycles. The van der Waals surface area contributed by atoms with Gasteiger partial charge in [-0.1, -0.05) is 59.7 Å². The van der Waals surface area contributed by atoms with Gasteiger partial charge < -0.3 is 10.5 Å². The van der Waals surface area contributed by atoms with E-state index in [1.807, 2.05) is 19.1 Å². The number of hydrogen-bond donors (Lipinski definition) is 1. The van der Waals surface area contributed by atoms with Gasteiger partial charge in [-0.05, 0) is 65.5 Å². The Morgan fingerprint density at radius 3 is 2.00 bits per heavy atom. The Hall–Kier alpha value is -2.13. The molecule has 150 valence electrons. The minimum atomic E-state index is -1.29. The first-order chi connectivity index (χ1) is 12.7. The van der Waals surface area contributed by atoms with Crippen molar-refractivity contribution in [3.63, 3.8) is 0 Å². The number of aryl methyl sites for hydroxylation is 1. The average Bonchev–Trinajstić information content (AvgIpc) is 2.82. The Morgan fingerprint density at radius 1 is 0.857 bits per heavy atom. The standard InChI is InChI=1S/C25H33NO2/c1-14-10-11-18(16(3)15(14)2)25(26)20-13-17(23(4,5)6)12-19(24(7,8)9)21(20)28-22(25)27/h10-13H,26H2,1-9H3. The number of nitrogens with two attached hydrogens (primary N) is 1. The lowest BCUT2D eigenvalue weighted by Crippen LogP contribution is -2.45. The summed E-state index contributed by atoms with van der Waals surface area (Å²) in [6.45, 7) is 19.1. The Balaban J connectivity index is 2.39. The molecule has 3 heteroatoms. The summed E-state index contributed by atoms with van der Waals surface area (Å²) in [5.74, 6) is 0.232. The fraction of sp³-hybridized carbons (Fsp3) is 0.480. The van der Waals surface area contributed by atoms with Gasteiger partial charge in [-0.2, -0.15) is 0 Å². The summed E-state index contributed by atoms with van der Waals surface area (Å²) in [7, 11) is 0. The molecule has 0 radical (unpaired) electrons. The van der Waals surface area contributed by atoms with E-state index >= 15 is 0 Å². The van der Waals surface area contributed by atoms with Gasteiger partial charge in [-0.3, -0.25) is 0 Å². The Bertz CT molecular complexity index is 974. The average molecular weight is 380 g/mol. The van der Waals surface area contributed by atoms with Crippen LogP contribution in [0.5, 0.6) is 5.75 Å². The van der Waals surface area contributed by atoms with Crippen LogP contribution in [-0.4, -0.2) is 5.97 Å². The van der Waals surface area contributed by atoms with Crippen LogP contribution in [0.25, 0.3) is 0 Å². The first kappa shape index (κ1) is 20.6. The van der Waals surface area contributed by atoms with Gasteiger partial charge >= 0.3 is 5.97 Å². The third kappa shape index (κ3) is 2.97. The zero-order valence-corrected chi connectivity index (χ0v) is 18.7. The third-order valence-corrected chi connectivity index (χ3v) is 6.19. The van der Waals surface area contributed by atoms with Crippen LogP contribution in [0.1, 0.15) is 80.5 Å². The van der Waals surface area contributed by atoms with Crippen LogP contribution in [0.2, 0.25) is 0 Å². The van der Waals surface area contributed by atoms with E-state index in [0.717, 1.165) is 33.4 Å². The second-order valence-corrected chi connectivity index (χ2v) is 10.3. The van der Waals surface area contributed by atoms with E-state index in [2.05, 4.69) is 67.5 Å². The molecule has 3 rings (SSSR count). The maximum atomic E-state index is 13.2. The first-order valence-corrected chi connectivity index (χ1v) is 9.97. The summed E-state index contributed by atoms with van der Waals surface area (Å²) in [6.07, 6.45) is 0. The highest BCUT2D eigenvalue weighted by molar-refractivity contribution is 5.95. The van der Waals surface area contributed by atoms with Crippen molar-refractivity contribution in [2.24, 2.45) is 5.73 Å². The number of hydrogen-bond acceptors (Lipinski definition) is 3. The summed E-state index contributed by atoms with van der Waals surface area (Å²) in [5.41, 5.74) is 12.6. The summed E-state index contributed by atoms with van der Waals surface area (Å²) < 4.78 is 5.86. The second-order valence-electron chi connectivity index (χ2n) is 10.3. The monoisotopic (exact) mass is 379 g/mol. The van der Waals surface area contributed by atoms with Crippen molar-refractivity contribution in [3.8, 4) is 5.75 Å². The van der Waals surface area contributed by atoms with Crippen LogP contribution < -0.4 is 10.5 Å². The van der Waals surface area contributed by atoms with Crippen LogP contribution in [0, 0.1) is 20.8 Å². The molecule has 1 heterocycles. The van der Waals surface area contributed by atoms with E-state index in [1.165, 1.54) is 5.56 Å². The van der Waals surface area contributed by atoms with Crippen LogP contribution in [0.15, 0.2) is 24.3 Å². The van der Waals surface area contributed by atoms with Crippen LogP contribution in [-0.2, 0) is 21.2 Å². The zero-order chi connectivity index (χ0) is 21.2. The molecule has 0 saturated carbocycles. The number of esters is 1. The molecule has 28 heavy (non-hydrogen) atoms. The molecule has 2 aromatic rings. The predicted octanol–water partition coefficient (Wildman–Crippen LogP) is 5.33. The zero-order valence-electron chi connectivity index (χ0n) is 18.7. The quantitative estimate of drug-likeness (QED) is 0.538. The molecule has 0 aromatic heterocycles. The van der Waals surface area contributed by atoms with Gasteiger partial charge in [0.15, 0.2) is 5.54 Å². The number of carbonyl (C=O) groups is 1. The minimum Gasteiger partial charge on any atom is -0.424 e. The van der Waals surface area contributed by atoms with E-state index in [4.69, 9.17) is 10.5 Å². The topological polar surface area (TPSA) is 52.3 Å². The largest absolute Gasteiger partial charge is 0.424 e. The molecule has 2 N–H and O–H groups in total. The number of benzene rings is 2. The number of ether oxygens (including phenoxy) is 1. The predicted molar refractivity (Wildman–Crippen MR) is 115 cm³/mol. The molecular formula is C25H33NO2. The smallest absolute Gasteiger partial charge is 0.341 e. The number of rotatable bonds is 1. The molecule has 0 amide bonds. The summed E-state index contributed by atoms with van der Waals surface area (Å²) in [6, 6.07) is 8.26. The normalized spacial score (nSPS) is 19.6. The second kappa shape index (κ2) is 6.18. The summed E-state index contributed by atoms with van der Waals surface area (Å²) >= 11 is 0. The van der Waals surface area contributed by atoms with Crippen molar-refractivity contribution in [2.45, 2.75) is 78.7 Å². The molecular weight excluding hydrogens is 346 g/mol. The maximum absolute atomic E-state index is 13.2. The van der Waals surface area contributed by atoms with E-state index in [0.29, 0.717) is 5.75 Å². The van der Waals surface area contributed by atoms with Crippen LogP contribution in [0.4, 0.5) is 0 Å². The van der Waals surface area contributed by atoms with Gasteiger partial charge in [0, 0.05) is 11.1 Å². The van der Waals surface area contributed by atoms with E-state index in [9.17, 15) is 4.79 Å². The fourth-order valence-corrected chi connectivity index (χ4v) is 3.94. The van der Waals surface area contributed by atoms with E-state index in [-0.39, 0.29) is 10.8 Å². The molecule has 0 spiro atoms. The Kier molecular flexibility index (Phi) is 4.55. The molecule has 0 bridgehead atoms. The van der Waals surface area contributed by atoms with Gasteiger partial charge in [-0.25, -0.2) is 4.79 Å². The van der Waals surface area contributed by atoms with Crippen molar-refractivity contribution in [1.29, 1.82) is 0 Å². The number of fused-ring (bicyclic) bond motifs is 1. The fourth-order valence-electron chi connectivity index (χ4n) is 3.94. The molecule has 1 atom stereocenters. The first-order valence-electron chi connectivity index (χ1n) is 9.97. The minimum absolute atomic E-state index is 0.0696. The molecule has 0 fully saturated rings. The lowest BCUT2D eigenvalue weighted by atomic mass is 9.74. The Morgan fingerprint density at radius 2 is 1.46 bits per heavy atom. The molecule has 1 aliphatic rings. The van der Waals surface area contributed by atoms with Gasteiger partial charge in [0.2, 0.25) is 0 Å². The van der Waals surface area contributed by atoms with Gasteiger partial charge in [-0.15, -0.1) is 0 Å². The van der Waals surface area contributed by atoms with Gasteiger partial charge in [0.25, 0.3) is 0 Å². The number of carbonyl (C=O) groups excluding carboxylic acids is 1. The highest BCUT2D eigenvalue weighted by atomic mass is 16.5. The SMILES string of the molecule is Cc1ccc(C2(N)C(=O)Oc3c(C(C)(C)C)cc(C(C)(C)C)cc32)c(C)c1C. The Labute approximate surface area is 169 Å². The van der Waals surface area contributed by atoms with Crippen molar-refractivity contribution >= 4 is 5.97 Å². The highest BCUT2D eigenvalue weighted by Crippen LogP contribution is 2.49. The van der Waals surface area contributed by atoms with Crippen molar-refractivity contribution in [1.82, 2.24) is 0 Å². The summed E-state index contributed by atoms with van der Waals surface area (Å²) in [5, 5.41) is 0. The van der Waals surface area contributed by atoms with E-state index < -0.39 is 11.5 Å². The highest BCUT2D eigenvalue weighted by Gasteiger charge is 2.50. The van der Waals surface area contributed by atoms with Gasteiger partial charge in [0.1, 0.15) is 5.75 Å². The van der Waals surface area contributed by atoms with Crippen molar-refractivity contribution in [2.75, 3.05) is 0 Å². The lowest BCUT2D eigenvalue weighted by Gasteiger charge is -2.29. The van der Waals surface area contributed by atoms with Gasteiger partial charge in [0.05, 0.1) is 0 Å².